The number of benzene rings is 1. The van der Waals surface area contributed by atoms with E-state index in [1.165, 1.54) is 31.2 Å². The summed E-state index contributed by atoms with van der Waals surface area (Å²) in [7, 11) is 0. The summed E-state index contributed by atoms with van der Waals surface area (Å²) in [5, 5.41) is 10.8. The highest BCUT2D eigenvalue weighted by Gasteiger charge is 2.33. The van der Waals surface area contributed by atoms with Crippen LogP contribution in [-0.2, 0) is 4.79 Å². The maximum Gasteiger partial charge on any atom is 0.303 e. The van der Waals surface area contributed by atoms with Gasteiger partial charge in [0.25, 0.3) is 0 Å². The van der Waals surface area contributed by atoms with Gasteiger partial charge >= 0.3 is 5.97 Å². The first-order valence-electron chi connectivity index (χ1n) is 10.1. The van der Waals surface area contributed by atoms with E-state index in [1.54, 1.807) is 0 Å². The monoisotopic (exact) mass is 410 g/mol. The van der Waals surface area contributed by atoms with Crippen LogP contribution < -0.4 is 9.47 Å². The highest BCUT2D eigenvalue weighted by atomic mass is 35.5. The number of carbonyl (C=O) groups is 1. The van der Waals surface area contributed by atoms with Gasteiger partial charge < -0.3 is 14.6 Å². The second-order valence-electron chi connectivity index (χ2n) is 8.07. The molecule has 0 radical (unpaired) electrons. The molecule has 1 N–H and O–H groups in total. The lowest BCUT2D eigenvalue weighted by Crippen LogP contribution is -2.21. The lowest BCUT2D eigenvalue weighted by Gasteiger charge is -2.33. The van der Waals surface area contributed by atoms with E-state index in [4.69, 9.17) is 26.2 Å². The van der Waals surface area contributed by atoms with Gasteiger partial charge in [-0.1, -0.05) is 24.4 Å². The van der Waals surface area contributed by atoms with Gasteiger partial charge in [0.15, 0.2) is 11.5 Å². The van der Waals surface area contributed by atoms with E-state index < -0.39 is 5.97 Å². The van der Waals surface area contributed by atoms with Gasteiger partial charge in [-0.2, -0.15) is 11.8 Å². The van der Waals surface area contributed by atoms with E-state index in [0.29, 0.717) is 28.8 Å². The van der Waals surface area contributed by atoms with E-state index in [2.05, 4.69) is 17.8 Å². The SMILES string of the molecule is O=C(O)CC1CCC(SC(c2cc3c(cc2Cl)OCO3)C2CCCC2)CC1. The fourth-order valence-electron chi connectivity index (χ4n) is 4.78. The van der Waals surface area contributed by atoms with Crippen molar-refractivity contribution in [3.63, 3.8) is 0 Å². The van der Waals surface area contributed by atoms with Crippen LogP contribution in [0.3, 0.4) is 0 Å². The molecule has 4 rings (SSSR count). The van der Waals surface area contributed by atoms with Crippen LogP contribution in [0, 0.1) is 11.8 Å². The summed E-state index contributed by atoms with van der Waals surface area (Å²) in [6, 6.07) is 4.00. The maximum absolute atomic E-state index is 11.0. The molecule has 2 aliphatic carbocycles. The Morgan fingerprint density at radius 1 is 1.11 bits per heavy atom. The van der Waals surface area contributed by atoms with Crippen molar-refractivity contribution in [2.24, 2.45) is 11.8 Å². The van der Waals surface area contributed by atoms with E-state index >= 15 is 0 Å². The number of thioether (sulfide) groups is 1. The van der Waals surface area contributed by atoms with Gasteiger partial charge in [0.05, 0.1) is 0 Å². The molecular weight excluding hydrogens is 384 g/mol. The molecule has 1 aromatic carbocycles. The molecule has 1 aromatic rings. The number of ether oxygens (including phenoxy) is 2. The quantitative estimate of drug-likeness (QED) is 0.617. The van der Waals surface area contributed by atoms with Gasteiger partial charge in [-0.3, -0.25) is 4.79 Å². The minimum absolute atomic E-state index is 0.268. The molecule has 1 unspecified atom stereocenters. The van der Waals surface area contributed by atoms with Crippen LogP contribution in [0.1, 0.15) is 68.6 Å². The molecule has 1 aliphatic heterocycles. The highest BCUT2D eigenvalue weighted by molar-refractivity contribution is 8.00. The second kappa shape index (κ2) is 8.52. The number of hydrogen-bond acceptors (Lipinski definition) is 4. The van der Waals surface area contributed by atoms with Crippen molar-refractivity contribution in [2.45, 2.75) is 68.3 Å². The summed E-state index contributed by atoms with van der Waals surface area (Å²) < 4.78 is 11.1. The first kappa shape index (κ1) is 19.3. The van der Waals surface area contributed by atoms with E-state index in [-0.39, 0.29) is 6.79 Å². The number of aliphatic carboxylic acids is 1. The molecule has 4 nitrogen and oxygen atoms in total. The van der Waals surface area contributed by atoms with Crippen LogP contribution in [0.5, 0.6) is 11.5 Å². The summed E-state index contributed by atoms with van der Waals surface area (Å²) in [5.74, 6) is 1.89. The number of fused-ring (bicyclic) bond motifs is 1. The van der Waals surface area contributed by atoms with Crippen LogP contribution in [0.2, 0.25) is 5.02 Å². The Balaban J connectivity index is 1.49. The fraction of sp³-hybridized carbons (Fsp3) is 0.667. The average molecular weight is 411 g/mol. The van der Waals surface area contributed by atoms with Gasteiger partial charge in [-0.25, -0.2) is 0 Å². The Morgan fingerprint density at radius 3 is 2.44 bits per heavy atom. The number of hydrogen-bond donors (Lipinski definition) is 1. The predicted octanol–water partition coefficient (Wildman–Crippen LogP) is 6.07. The van der Waals surface area contributed by atoms with Crippen molar-refractivity contribution in [2.75, 3.05) is 6.79 Å². The zero-order valence-corrected chi connectivity index (χ0v) is 17.1. The summed E-state index contributed by atoms with van der Waals surface area (Å²) in [5.41, 5.74) is 1.19. The fourth-order valence-corrected chi connectivity index (χ4v) is 6.91. The molecule has 0 spiro atoms. The van der Waals surface area contributed by atoms with Gasteiger partial charge in [0.2, 0.25) is 6.79 Å². The van der Waals surface area contributed by atoms with Crippen molar-refractivity contribution >= 4 is 29.3 Å². The Morgan fingerprint density at radius 2 is 1.78 bits per heavy atom. The Hall–Kier alpha value is -1.07. The maximum atomic E-state index is 11.0. The van der Waals surface area contributed by atoms with E-state index in [1.807, 2.05) is 6.07 Å². The first-order valence-corrected chi connectivity index (χ1v) is 11.4. The molecule has 0 amide bonds. The van der Waals surface area contributed by atoms with Crippen LogP contribution >= 0.6 is 23.4 Å². The Kier molecular flexibility index (Phi) is 6.08. The molecular formula is C21H27ClO4S. The van der Waals surface area contributed by atoms with Gasteiger partial charge in [0, 0.05) is 28.0 Å². The van der Waals surface area contributed by atoms with Crippen molar-refractivity contribution in [1.29, 1.82) is 0 Å². The van der Waals surface area contributed by atoms with Gasteiger partial charge in [0.1, 0.15) is 0 Å². The lowest BCUT2D eigenvalue weighted by atomic mass is 9.87. The van der Waals surface area contributed by atoms with Crippen LogP contribution in [0.15, 0.2) is 12.1 Å². The minimum Gasteiger partial charge on any atom is -0.481 e. The molecule has 27 heavy (non-hydrogen) atoms. The topological polar surface area (TPSA) is 55.8 Å². The standard InChI is InChI=1S/C21H27ClO4S/c22-17-11-19-18(25-12-26-19)10-16(17)21(14-3-1-2-4-14)27-15-7-5-13(6-8-15)9-20(23)24/h10-11,13-15,21H,1-9,12H2,(H,23,24). The number of rotatable bonds is 6. The van der Waals surface area contributed by atoms with Crippen molar-refractivity contribution in [3.05, 3.63) is 22.7 Å². The summed E-state index contributed by atoms with van der Waals surface area (Å²) >= 11 is 8.73. The van der Waals surface area contributed by atoms with E-state index in [9.17, 15) is 4.79 Å². The molecule has 1 heterocycles. The second-order valence-corrected chi connectivity index (χ2v) is 9.92. The molecule has 0 saturated heterocycles. The third-order valence-electron chi connectivity index (χ3n) is 6.22. The highest BCUT2D eigenvalue weighted by Crippen LogP contribution is 2.52. The zero-order valence-electron chi connectivity index (χ0n) is 15.5. The van der Waals surface area contributed by atoms with Gasteiger partial charge in [-0.15, -0.1) is 0 Å². The van der Waals surface area contributed by atoms with Crippen LogP contribution in [0.25, 0.3) is 0 Å². The molecule has 0 aromatic heterocycles. The predicted molar refractivity (Wildman–Crippen MR) is 108 cm³/mol. The average Bonchev–Trinajstić information content (AvgIpc) is 3.31. The smallest absolute Gasteiger partial charge is 0.303 e. The van der Waals surface area contributed by atoms with Gasteiger partial charge in [-0.05, 0) is 62.0 Å². The van der Waals surface area contributed by atoms with E-state index in [0.717, 1.165) is 42.2 Å². The molecule has 2 saturated carbocycles. The number of carboxylic acids is 1. The summed E-state index contributed by atoms with van der Waals surface area (Å²) in [6.45, 7) is 0.268. The summed E-state index contributed by atoms with van der Waals surface area (Å²) in [4.78, 5) is 11.0. The lowest BCUT2D eigenvalue weighted by molar-refractivity contribution is -0.138. The zero-order chi connectivity index (χ0) is 18.8. The molecule has 1 atom stereocenters. The Labute approximate surface area is 169 Å². The third-order valence-corrected chi connectivity index (χ3v) is 8.34. The molecule has 2 fully saturated rings. The minimum atomic E-state index is -0.665. The van der Waals surface area contributed by atoms with Crippen molar-refractivity contribution in [1.82, 2.24) is 0 Å². The van der Waals surface area contributed by atoms with Crippen LogP contribution in [-0.4, -0.2) is 23.1 Å². The molecule has 148 valence electrons. The number of halogens is 1. The van der Waals surface area contributed by atoms with Crippen LogP contribution in [0.4, 0.5) is 0 Å². The largest absolute Gasteiger partial charge is 0.481 e. The first-order chi connectivity index (χ1) is 13.1. The summed E-state index contributed by atoms with van der Waals surface area (Å²) in [6.07, 6.45) is 9.70. The molecule has 6 heteroatoms. The van der Waals surface area contributed by atoms with Crippen molar-refractivity contribution in [3.8, 4) is 11.5 Å². The van der Waals surface area contributed by atoms with Crippen molar-refractivity contribution < 1.29 is 19.4 Å². The normalized spacial score (nSPS) is 26.3. The molecule has 3 aliphatic rings. The Bertz CT molecular complexity index is 681. The number of carboxylic acid groups (broad SMARTS) is 1. The third kappa shape index (κ3) is 4.51. The molecule has 0 bridgehead atoms.